The fourth-order valence-corrected chi connectivity index (χ4v) is 3.97. The van der Waals surface area contributed by atoms with Crippen LogP contribution in [0.5, 0.6) is 0 Å². The Kier molecular flexibility index (Phi) is 3.51. The highest BCUT2D eigenvalue weighted by Gasteiger charge is 2.47. The molecule has 0 aliphatic carbocycles. The lowest BCUT2D eigenvalue weighted by molar-refractivity contribution is -0.00280. The van der Waals surface area contributed by atoms with E-state index in [1.54, 1.807) is 0 Å². The first-order chi connectivity index (χ1) is 10.7. The van der Waals surface area contributed by atoms with E-state index in [4.69, 9.17) is 4.42 Å². The lowest BCUT2D eigenvalue weighted by atomic mass is 9.79. The molecule has 0 aromatic carbocycles. The number of aryl methyl sites for hydroxylation is 1. The average Bonchev–Trinajstić information content (AvgIpc) is 3.07. The molecule has 1 spiro atoms. The largest absolute Gasteiger partial charge is 0.465 e. The molecule has 0 amide bonds. The van der Waals surface area contributed by atoms with E-state index in [1.165, 1.54) is 38.2 Å². The monoisotopic (exact) mass is 297 g/mol. The molecule has 4 nitrogen and oxygen atoms in total. The Labute approximate surface area is 131 Å². The van der Waals surface area contributed by atoms with E-state index in [0.717, 1.165) is 24.6 Å². The molecule has 2 aromatic rings. The molecule has 2 fully saturated rings. The molecule has 2 aliphatic rings. The number of pyridine rings is 1. The van der Waals surface area contributed by atoms with E-state index in [0.29, 0.717) is 5.41 Å². The number of furan rings is 1. The third kappa shape index (κ3) is 2.81. The molecule has 2 saturated heterocycles. The molecule has 22 heavy (non-hydrogen) atoms. The summed E-state index contributed by atoms with van der Waals surface area (Å²) in [4.78, 5) is 9.19. The predicted octanol–water partition coefficient (Wildman–Crippen LogP) is 2.69. The van der Waals surface area contributed by atoms with Gasteiger partial charge in [0.1, 0.15) is 11.5 Å². The molecule has 4 heterocycles. The van der Waals surface area contributed by atoms with Gasteiger partial charge in [-0.25, -0.2) is 0 Å². The summed E-state index contributed by atoms with van der Waals surface area (Å²) in [5.74, 6) is 2.11. The number of hydrogen-bond donors (Lipinski definition) is 0. The lowest BCUT2D eigenvalue weighted by Crippen LogP contribution is -2.56. The van der Waals surface area contributed by atoms with E-state index >= 15 is 0 Å². The van der Waals surface area contributed by atoms with Crippen LogP contribution in [0.4, 0.5) is 0 Å². The van der Waals surface area contributed by atoms with Crippen molar-refractivity contribution in [3.63, 3.8) is 0 Å². The first-order valence-electron chi connectivity index (χ1n) is 8.10. The highest BCUT2D eigenvalue weighted by Crippen LogP contribution is 2.40. The normalized spacial score (nSPS) is 21.3. The second-order valence-electron chi connectivity index (χ2n) is 6.97. The van der Waals surface area contributed by atoms with E-state index in [1.807, 2.05) is 19.3 Å². The molecular formula is C18H23N3O. The summed E-state index contributed by atoms with van der Waals surface area (Å²) in [6, 6.07) is 8.40. The van der Waals surface area contributed by atoms with Gasteiger partial charge >= 0.3 is 0 Å². The van der Waals surface area contributed by atoms with Crippen molar-refractivity contribution in [3.8, 4) is 0 Å². The number of hydrogen-bond acceptors (Lipinski definition) is 4. The van der Waals surface area contributed by atoms with Crippen LogP contribution >= 0.6 is 0 Å². The number of nitrogens with zero attached hydrogens (tertiary/aromatic N) is 3. The second kappa shape index (κ2) is 5.52. The smallest absolute Gasteiger partial charge is 0.118 e. The minimum Gasteiger partial charge on any atom is -0.465 e. The van der Waals surface area contributed by atoms with Crippen LogP contribution in [0.3, 0.4) is 0 Å². The van der Waals surface area contributed by atoms with Crippen LogP contribution in [0.25, 0.3) is 0 Å². The van der Waals surface area contributed by atoms with Crippen LogP contribution in [-0.4, -0.2) is 41.0 Å². The maximum absolute atomic E-state index is 5.68. The molecule has 2 aliphatic heterocycles. The molecule has 2 aromatic heterocycles. The number of likely N-dealkylation sites (tertiary alicyclic amines) is 2. The van der Waals surface area contributed by atoms with Gasteiger partial charge in [-0.2, -0.15) is 0 Å². The van der Waals surface area contributed by atoms with Gasteiger partial charge in [0.05, 0.1) is 6.54 Å². The zero-order valence-electron chi connectivity index (χ0n) is 13.2. The topological polar surface area (TPSA) is 32.5 Å². The lowest BCUT2D eigenvalue weighted by Gasteiger charge is -2.48. The fourth-order valence-electron chi connectivity index (χ4n) is 3.97. The molecule has 0 radical (unpaired) electrons. The van der Waals surface area contributed by atoms with Crippen molar-refractivity contribution < 1.29 is 4.42 Å². The summed E-state index contributed by atoms with van der Waals surface area (Å²) in [6.45, 7) is 8.88. The maximum atomic E-state index is 5.68. The van der Waals surface area contributed by atoms with Crippen molar-refractivity contribution in [2.75, 3.05) is 26.2 Å². The van der Waals surface area contributed by atoms with Gasteiger partial charge in [0.15, 0.2) is 0 Å². The highest BCUT2D eigenvalue weighted by atomic mass is 16.3. The van der Waals surface area contributed by atoms with Crippen molar-refractivity contribution in [3.05, 3.63) is 53.7 Å². The Morgan fingerprint density at radius 3 is 2.55 bits per heavy atom. The predicted molar refractivity (Wildman–Crippen MR) is 85.3 cm³/mol. The molecule has 4 rings (SSSR count). The molecular weight excluding hydrogens is 274 g/mol. The minimum atomic E-state index is 0.522. The van der Waals surface area contributed by atoms with Crippen molar-refractivity contribution in [2.45, 2.75) is 26.4 Å². The zero-order chi connectivity index (χ0) is 15.0. The number of rotatable bonds is 4. The molecule has 0 N–H and O–H groups in total. The van der Waals surface area contributed by atoms with E-state index in [-0.39, 0.29) is 0 Å². The Bertz CT molecular complexity index is 631. The van der Waals surface area contributed by atoms with Crippen LogP contribution in [0.1, 0.15) is 23.5 Å². The fraction of sp³-hybridized carbons (Fsp3) is 0.500. The summed E-state index contributed by atoms with van der Waals surface area (Å²) in [5, 5.41) is 0. The summed E-state index contributed by atoms with van der Waals surface area (Å²) < 4.78 is 5.68. The van der Waals surface area contributed by atoms with E-state index < -0.39 is 0 Å². The molecule has 0 unspecified atom stereocenters. The highest BCUT2D eigenvalue weighted by molar-refractivity contribution is 5.12. The van der Waals surface area contributed by atoms with Gasteiger partial charge in [0.25, 0.3) is 0 Å². The Balaban J connectivity index is 1.29. The van der Waals surface area contributed by atoms with E-state index in [9.17, 15) is 0 Å². The van der Waals surface area contributed by atoms with Crippen molar-refractivity contribution >= 4 is 0 Å². The summed E-state index contributed by atoms with van der Waals surface area (Å²) in [6.07, 6.45) is 5.10. The SMILES string of the molecule is Cc1ccc(CN2CC3(CCN(Cc4ccncc4)C3)C2)o1. The standard InChI is InChI=1S/C18H23N3O/c1-15-2-3-17(22-15)11-21-13-18(14-21)6-9-20(12-18)10-16-4-7-19-8-5-16/h2-5,7-8H,6,9-14H2,1H3. The quantitative estimate of drug-likeness (QED) is 0.868. The van der Waals surface area contributed by atoms with Gasteiger partial charge < -0.3 is 4.42 Å². The third-order valence-corrected chi connectivity index (χ3v) is 4.97. The zero-order valence-corrected chi connectivity index (χ0v) is 13.2. The van der Waals surface area contributed by atoms with Crippen molar-refractivity contribution in [1.29, 1.82) is 0 Å². The van der Waals surface area contributed by atoms with Gasteiger partial charge in [-0.15, -0.1) is 0 Å². The second-order valence-corrected chi connectivity index (χ2v) is 6.97. The summed E-state index contributed by atoms with van der Waals surface area (Å²) >= 11 is 0. The Morgan fingerprint density at radius 1 is 1.05 bits per heavy atom. The molecule has 4 heteroatoms. The molecule has 0 saturated carbocycles. The first-order valence-corrected chi connectivity index (χ1v) is 8.10. The van der Waals surface area contributed by atoms with E-state index in [2.05, 4.69) is 39.0 Å². The van der Waals surface area contributed by atoms with Crippen molar-refractivity contribution in [1.82, 2.24) is 14.8 Å². The molecule has 116 valence electrons. The van der Waals surface area contributed by atoms with Crippen LogP contribution < -0.4 is 0 Å². The van der Waals surface area contributed by atoms with Gasteiger partial charge in [0, 0.05) is 44.0 Å². The molecule has 0 bridgehead atoms. The Morgan fingerprint density at radius 2 is 1.82 bits per heavy atom. The maximum Gasteiger partial charge on any atom is 0.118 e. The van der Waals surface area contributed by atoms with Gasteiger partial charge in [-0.05, 0) is 49.7 Å². The van der Waals surface area contributed by atoms with Crippen molar-refractivity contribution in [2.24, 2.45) is 5.41 Å². The first kappa shape index (κ1) is 14.0. The Hall–Kier alpha value is -1.65. The minimum absolute atomic E-state index is 0.522. The van der Waals surface area contributed by atoms with Crippen LogP contribution in [0, 0.1) is 12.3 Å². The summed E-state index contributed by atoms with van der Waals surface area (Å²) in [7, 11) is 0. The average molecular weight is 297 g/mol. The van der Waals surface area contributed by atoms with Crippen LogP contribution in [0.15, 0.2) is 41.1 Å². The van der Waals surface area contributed by atoms with Gasteiger partial charge in [-0.3, -0.25) is 14.8 Å². The third-order valence-electron chi connectivity index (χ3n) is 4.97. The van der Waals surface area contributed by atoms with Crippen LogP contribution in [-0.2, 0) is 13.1 Å². The molecule has 0 atom stereocenters. The van der Waals surface area contributed by atoms with Crippen LogP contribution in [0.2, 0.25) is 0 Å². The van der Waals surface area contributed by atoms with Gasteiger partial charge in [-0.1, -0.05) is 0 Å². The number of aromatic nitrogens is 1. The summed E-state index contributed by atoms with van der Waals surface area (Å²) in [5.41, 5.74) is 1.89. The van der Waals surface area contributed by atoms with Gasteiger partial charge in [0.2, 0.25) is 0 Å².